The molecule has 0 radical (unpaired) electrons. The van der Waals surface area contributed by atoms with Crippen LogP contribution in [-0.4, -0.2) is 0 Å². The lowest BCUT2D eigenvalue weighted by Gasteiger charge is -1.93. The monoisotopic (exact) mass is 118 g/mol. The zero-order valence-corrected chi connectivity index (χ0v) is 5.59. The first kappa shape index (κ1) is 7.86. The van der Waals surface area contributed by atoms with Gasteiger partial charge in [-0.3, -0.25) is 0 Å². The molecule has 0 saturated carbocycles. The number of hydrogen-bond acceptors (Lipinski definition) is 0. The molecule has 0 spiro atoms. The largest absolute Gasteiger partial charge is 0.119 e. The summed E-state index contributed by atoms with van der Waals surface area (Å²) in [5, 5.41) is 0. The van der Waals surface area contributed by atoms with Crippen molar-refractivity contribution in [3.05, 3.63) is 12.2 Å². The minimum absolute atomic E-state index is 0.0267. The van der Waals surface area contributed by atoms with Crippen LogP contribution in [0.5, 0.6) is 0 Å². The predicted molar refractivity (Wildman–Crippen MR) is 40.6 cm³/mol. The van der Waals surface area contributed by atoms with Gasteiger partial charge in [-0.25, -0.2) is 0 Å². The summed E-state index contributed by atoms with van der Waals surface area (Å²) in [5.74, 6) is 4.97. The third-order valence-corrected chi connectivity index (χ3v) is 1.01. The van der Waals surface area contributed by atoms with E-state index in [1.54, 1.807) is 0 Å². The van der Waals surface area contributed by atoms with E-state index in [4.69, 9.17) is 12.8 Å². The van der Waals surface area contributed by atoms with Gasteiger partial charge in [-0.05, 0) is 13.3 Å². The summed E-state index contributed by atoms with van der Waals surface area (Å²) in [6.45, 7) is 1.95. The van der Waals surface area contributed by atoms with Crippen LogP contribution in [0, 0.1) is 30.6 Å². The van der Waals surface area contributed by atoms with Crippen molar-refractivity contribution in [3.8, 4) is 24.7 Å². The molecule has 0 rings (SSSR count). The maximum atomic E-state index is 5.10. The van der Waals surface area contributed by atoms with Gasteiger partial charge >= 0.3 is 0 Å². The second-order valence-corrected chi connectivity index (χ2v) is 1.69. The minimum Gasteiger partial charge on any atom is -0.119 e. The minimum atomic E-state index is -0.0267. The Morgan fingerprint density at radius 2 is 2.00 bits per heavy atom. The Balaban J connectivity index is 3.64. The first-order valence-corrected chi connectivity index (χ1v) is 2.88. The highest BCUT2D eigenvalue weighted by Crippen LogP contribution is 1.98. The Hall–Kier alpha value is -1.14. The molecule has 0 aliphatic rings. The Morgan fingerprint density at radius 3 is 2.33 bits per heavy atom. The summed E-state index contributed by atoms with van der Waals surface area (Å²) >= 11 is 0. The van der Waals surface area contributed by atoms with Crippen molar-refractivity contribution in [2.75, 3.05) is 0 Å². The van der Waals surface area contributed by atoms with Gasteiger partial charge in [-0.15, -0.1) is 12.8 Å². The predicted octanol–water partition coefficient (Wildman–Crippen LogP) is 1.84. The molecule has 0 N–H and O–H groups in total. The van der Waals surface area contributed by atoms with E-state index in [0.29, 0.717) is 0 Å². The topological polar surface area (TPSA) is 0 Å². The van der Waals surface area contributed by atoms with Gasteiger partial charge in [0.25, 0.3) is 0 Å². The maximum Gasteiger partial charge on any atom is 0.0840 e. The highest BCUT2D eigenvalue weighted by molar-refractivity contribution is 5.11. The lowest BCUT2D eigenvalue weighted by atomic mass is 10.1. The average molecular weight is 118 g/mol. The van der Waals surface area contributed by atoms with Crippen molar-refractivity contribution >= 4 is 0 Å². The Kier molecular flexibility index (Phi) is 4.37. The highest BCUT2D eigenvalue weighted by atomic mass is 13.9. The first-order valence-electron chi connectivity index (χ1n) is 2.88. The summed E-state index contributed by atoms with van der Waals surface area (Å²) in [6, 6.07) is 0. The fourth-order valence-electron chi connectivity index (χ4n) is 0.456. The molecule has 0 amide bonds. The molecule has 0 aromatic carbocycles. The Labute approximate surface area is 57.0 Å². The molecule has 0 aliphatic carbocycles. The second kappa shape index (κ2) is 5.01. The average Bonchev–Trinajstić information content (AvgIpc) is 1.91. The lowest BCUT2D eigenvalue weighted by molar-refractivity contribution is 0.896. The molecule has 9 heavy (non-hydrogen) atoms. The summed E-state index contributed by atoms with van der Waals surface area (Å²) in [4.78, 5) is 0. The van der Waals surface area contributed by atoms with E-state index < -0.39 is 0 Å². The fourth-order valence-corrected chi connectivity index (χ4v) is 0.456. The lowest BCUT2D eigenvalue weighted by Crippen LogP contribution is -1.87. The quantitative estimate of drug-likeness (QED) is 0.383. The van der Waals surface area contributed by atoms with Crippen LogP contribution >= 0.6 is 0 Å². The van der Waals surface area contributed by atoms with Crippen LogP contribution in [0.1, 0.15) is 13.3 Å². The standard InChI is InChI=1S/C9H10/c1-4-7-8-9(5-2)6-3/h2-4,7,9H,8H2,1H3. The molecule has 0 saturated heterocycles. The van der Waals surface area contributed by atoms with Gasteiger partial charge in [0.2, 0.25) is 0 Å². The van der Waals surface area contributed by atoms with E-state index in [9.17, 15) is 0 Å². The van der Waals surface area contributed by atoms with Gasteiger partial charge < -0.3 is 0 Å². The Morgan fingerprint density at radius 1 is 1.44 bits per heavy atom. The molecule has 0 nitrogen and oxygen atoms in total. The van der Waals surface area contributed by atoms with Crippen molar-refractivity contribution < 1.29 is 0 Å². The van der Waals surface area contributed by atoms with Gasteiger partial charge in [0, 0.05) is 0 Å². The third-order valence-electron chi connectivity index (χ3n) is 1.01. The third kappa shape index (κ3) is 3.44. The molecular weight excluding hydrogens is 108 g/mol. The second-order valence-electron chi connectivity index (χ2n) is 1.69. The smallest absolute Gasteiger partial charge is 0.0840 e. The van der Waals surface area contributed by atoms with E-state index in [1.165, 1.54) is 0 Å². The normalized spacial score (nSPS) is 9.33. The van der Waals surface area contributed by atoms with Crippen molar-refractivity contribution in [2.45, 2.75) is 13.3 Å². The van der Waals surface area contributed by atoms with Gasteiger partial charge in [-0.1, -0.05) is 24.0 Å². The summed E-state index contributed by atoms with van der Waals surface area (Å²) < 4.78 is 0. The molecule has 0 aromatic heterocycles. The Bertz CT molecular complexity index is 147. The number of allylic oxidation sites excluding steroid dienone is 2. The molecule has 46 valence electrons. The van der Waals surface area contributed by atoms with Crippen LogP contribution in [0.25, 0.3) is 0 Å². The van der Waals surface area contributed by atoms with Crippen molar-refractivity contribution in [2.24, 2.45) is 5.92 Å². The summed E-state index contributed by atoms with van der Waals surface area (Å²) in [6.07, 6.45) is 14.9. The molecule has 0 heteroatoms. The molecule has 0 heterocycles. The van der Waals surface area contributed by atoms with Gasteiger partial charge in [-0.2, -0.15) is 0 Å². The van der Waals surface area contributed by atoms with Crippen LogP contribution in [0.2, 0.25) is 0 Å². The molecule has 0 unspecified atom stereocenters. The van der Waals surface area contributed by atoms with Gasteiger partial charge in [0.15, 0.2) is 0 Å². The molecule has 0 fully saturated rings. The van der Waals surface area contributed by atoms with Crippen LogP contribution < -0.4 is 0 Å². The first-order chi connectivity index (χ1) is 4.35. The van der Waals surface area contributed by atoms with E-state index >= 15 is 0 Å². The fraction of sp³-hybridized carbons (Fsp3) is 0.333. The van der Waals surface area contributed by atoms with Crippen molar-refractivity contribution in [1.29, 1.82) is 0 Å². The summed E-state index contributed by atoms with van der Waals surface area (Å²) in [7, 11) is 0. The molecule has 0 aliphatic heterocycles. The number of rotatable bonds is 2. The number of hydrogen-bond donors (Lipinski definition) is 0. The highest BCUT2D eigenvalue weighted by Gasteiger charge is 1.92. The van der Waals surface area contributed by atoms with Gasteiger partial charge in [0.05, 0.1) is 5.92 Å². The molecule has 0 bridgehead atoms. The zero-order chi connectivity index (χ0) is 7.11. The van der Waals surface area contributed by atoms with Crippen LogP contribution in [0.3, 0.4) is 0 Å². The van der Waals surface area contributed by atoms with E-state index in [-0.39, 0.29) is 5.92 Å². The molecular formula is C9H10. The van der Waals surface area contributed by atoms with Crippen LogP contribution in [0.4, 0.5) is 0 Å². The van der Waals surface area contributed by atoms with Crippen molar-refractivity contribution in [1.82, 2.24) is 0 Å². The summed E-state index contributed by atoms with van der Waals surface area (Å²) in [5.41, 5.74) is 0. The van der Waals surface area contributed by atoms with E-state index in [1.807, 2.05) is 19.1 Å². The van der Waals surface area contributed by atoms with Crippen LogP contribution in [-0.2, 0) is 0 Å². The zero-order valence-electron chi connectivity index (χ0n) is 5.59. The van der Waals surface area contributed by atoms with E-state index in [0.717, 1.165) is 6.42 Å². The number of terminal acetylenes is 2. The molecule has 0 aromatic rings. The maximum absolute atomic E-state index is 5.10. The van der Waals surface area contributed by atoms with E-state index in [2.05, 4.69) is 11.8 Å². The van der Waals surface area contributed by atoms with Crippen LogP contribution in [0.15, 0.2) is 12.2 Å². The molecule has 0 atom stereocenters. The van der Waals surface area contributed by atoms with Gasteiger partial charge in [0.1, 0.15) is 0 Å². The SMILES string of the molecule is C#CC(C#C)CC=CC. The van der Waals surface area contributed by atoms with Crippen molar-refractivity contribution in [3.63, 3.8) is 0 Å².